The number of hydrogen-bond donors (Lipinski definition) is 1. The van der Waals surface area contributed by atoms with Crippen molar-refractivity contribution < 1.29 is 0 Å². The van der Waals surface area contributed by atoms with E-state index in [0.717, 1.165) is 22.7 Å². The van der Waals surface area contributed by atoms with E-state index in [4.69, 9.17) is 10.7 Å². The smallest absolute Gasteiger partial charge is 0.229 e. The van der Waals surface area contributed by atoms with Crippen LogP contribution in [0.15, 0.2) is 29.4 Å². The first-order valence-electron chi connectivity index (χ1n) is 7.34. The van der Waals surface area contributed by atoms with Crippen LogP contribution in [0.5, 0.6) is 0 Å². The molecule has 0 aliphatic heterocycles. The summed E-state index contributed by atoms with van der Waals surface area (Å²) in [5.41, 5.74) is 7.91. The summed E-state index contributed by atoms with van der Waals surface area (Å²) in [6, 6.07) is 8.14. The van der Waals surface area contributed by atoms with Gasteiger partial charge in [-0.3, -0.25) is 0 Å². The van der Waals surface area contributed by atoms with Crippen molar-refractivity contribution in [2.75, 3.05) is 24.7 Å². The first-order chi connectivity index (χ1) is 11.1. The molecule has 0 fully saturated rings. The Hall–Kier alpha value is -2.35. The summed E-state index contributed by atoms with van der Waals surface area (Å²) in [7, 11) is 3.75. The van der Waals surface area contributed by atoms with Crippen molar-refractivity contribution in [1.29, 1.82) is 0 Å². The van der Waals surface area contributed by atoms with E-state index < -0.39 is 0 Å². The highest BCUT2D eigenvalue weighted by atomic mass is 32.2. The molecule has 120 valence electrons. The van der Waals surface area contributed by atoms with Crippen LogP contribution in [-0.2, 0) is 12.3 Å². The number of imidazole rings is 1. The molecule has 8 heteroatoms. The van der Waals surface area contributed by atoms with Crippen molar-refractivity contribution in [3.8, 4) is 0 Å². The largest absolute Gasteiger partial charge is 0.368 e. The van der Waals surface area contributed by atoms with Crippen LogP contribution in [0.4, 0.5) is 11.9 Å². The van der Waals surface area contributed by atoms with Crippen LogP contribution in [0.25, 0.3) is 11.0 Å². The molecule has 0 atom stereocenters. The van der Waals surface area contributed by atoms with Crippen molar-refractivity contribution in [1.82, 2.24) is 24.5 Å². The van der Waals surface area contributed by atoms with Crippen LogP contribution >= 0.6 is 11.8 Å². The third kappa shape index (κ3) is 3.21. The first kappa shape index (κ1) is 15.5. The van der Waals surface area contributed by atoms with Crippen molar-refractivity contribution in [3.05, 3.63) is 30.1 Å². The molecule has 0 bridgehead atoms. The molecule has 0 saturated heterocycles. The molecule has 0 spiro atoms. The van der Waals surface area contributed by atoms with Crippen molar-refractivity contribution in [2.24, 2.45) is 0 Å². The van der Waals surface area contributed by atoms with E-state index in [9.17, 15) is 0 Å². The predicted molar refractivity (Wildman–Crippen MR) is 93.5 cm³/mol. The minimum atomic E-state index is 0.239. The number of nitrogens with zero attached hydrogens (tertiary/aromatic N) is 6. The number of rotatable bonds is 5. The monoisotopic (exact) mass is 329 g/mol. The van der Waals surface area contributed by atoms with Gasteiger partial charge < -0.3 is 15.2 Å². The van der Waals surface area contributed by atoms with Crippen molar-refractivity contribution >= 4 is 34.7 Å². The van der Waals surface area contributed by atoms with Gasteiger partial charge in [0.1, 0.15) is 5.82 Å². The van der Waals surface area contributed by atoms with Crippen LogP contribution in [0.1, 0.15) is 12.7 Å². The molecular weight excluding hydrogens is 310 g/mol. The number of aromatic nitrogens is 5. The Bertz CT molecular complexity index is 828. The average molecular weight is 329 g/mol. The fraction of sp³-hybridized carbons (Fsp3) is 0.333. The van der Waals surface area contributed by atoms with Gasteiger partial charge in [-0.1, -0.05) is 23.9 Å². The molecule has 0 amide bonds. The number of nitrogen functional groups attached to an aromatic ring is 1. The van der Waals surface area contributed by atoms with E-state index in [2.05, 4.69) is 32.5 Å². The quantitative estimate of drug-likeness (QED) is 0.718. The Kier molecular flexibility index (Phi) is 4.33. The number of nitrogens with two attached hydrogens (primary N) is 1. The van der Waals surface area contributed by atoms with Gasteiger partial charge in [0.2, 0.25) is 11.9 Å². The molecule has 2 N–H and O–H groups in total. The average Bonchev–Trinajstić information content (AvgIpc) is 2.89. The van der Waals surface area contributed by atoms with E-state index in [1.807, 2.05) is 37.2 Å². The lowest BCUT2D eigenvalue weighted by atomic mass is 10.3. The molecule has 0 saturated carbocycles. The second kappa shape index (κ2) is 6.41. The molecular formula is C15H19N7S. The maximum atomic E-state index is 5.76. The molecule has 3 aromatic rings. The second-order valence-electron chi connectivity index (χ2n) is 5.22. The lowest BCUT2D eigenvalue weighted by Crippen LogP contribution is -2.16. The number of hydrogen-bond acceptors (Lipinski definition) is 7. The summed E-state index contributed by atoms with van der Waals surface area (Å²) in [6.07, 6.45) is 0. The Morgan fingerprint density at radius 1 is 1.13 bits per heavy atom. The van der Waals surface area contributed by atoms with Crippen LogP contribution in [0, 0.1) is 0 Å². The molecule has 2 aromatic heterocycles. The third-order valence-electron chi connectivity index (χ3n) is 3.35. The van der Waals surface area contributed by atoms with E-state index in [0.29, 0.717) is 17.5 Å². The van der Waals surface area contributed by atoms with Gasteiger partial charge in [-0.2, -0.15) is 15.0 Å². The summed E-state index contributed by atoms with van der Waals surface area (Å²) in [5.74, 6) is 2.05. The zero-order valence-electron chi connectivity index (χ0n) is 13.4. The topological polar surface area (TPSA) is 85.8 Å². The molecule has 3 rings (SSSR count). The predicted octanol–water partition coefficient (Wildman–Crippen LogP) is 2.18. The highest BCUT2D eigenvalue weighted by Crippen LogP contribution is 2.26. The Balaban J connectivity index is 1.86. The normalized spacial score (nSPS) is 11.1. The number of benzene rings is 1. The Morgan fingerprint density at radius 3 is 2.65 bits per heavy atom. The van der Waals surface area contributed by atoms with Crippen LogP contribution in [-0.4, -0.2) is 38.6 Å². The zero-order chi connectivity index (χ0) is 16.4. The van der Waals surface area contributed by atoms with Crippen LogP contribution in [0.2, 0.25) is 0 Å². The van der Waals surface area contributed by atoms with Crippen molar-refractivity contribution in [3.63, 3.8) is 0 Å². The molecule has 2 heterocycles. The van der Waals surface area contributed by atoms with E-state index in [-0.39, 0.29) is 5.95 Å². The lowest BCUT2D eigenvalue weighted by Gasteiger charge is -2.11. The number of thioether (sulfide) groups is 1. The number of anilines is 2. The molecule has 23 heavy (non-hydrogen) atoms. The number of aryl methyl sites for hydroxylation is 1. The van der Waals surface area contributed by atoms with Gasteiger partial charge in [-0.25, -0.2) is 4.98 Å². The van der Waals surface area contributed by atoms with Gasteiger partial charge in [0.15, 0.2) is 5.16 Å². The third-order valence-corrected chi connectivity index (χ3v) is 4.33. The molecule has 0 aliphatic rings. The molecule has 7 nitrogen and oxygen atoms in total. The van der Waals surface area contributed by atoms with Gasteiger partial charge in [-0.05, 0) is 19.1 Å². The van der Waals surface area contributed by atoms with Gasteiger partial charge in [-0.15, -0.1) is 0 Å². The first-order valence-corrected chi connectivity index (χ1v) is 8.33. The van der Waals surface area contributed by atoms with E-state index >= 15 is 0 Å². The number of fused-ring (bicyclic) bond motifs is 1. The molecule has 1 aromatic carbocycles. The molecule has 0 radical (unpaired) electrons. The maximum absolute atomic E-state index is 5.76. The van der Waals surface area contributed by atoms with Gasteiger partial charge >= 0.3 is 0 Å². The van der Waals surface area contributed by atoms with Gasteiger partial charge in [0.25, 0.3) is 0 Å². The zero-order valence-corrected chi connectivity index (χ0v) is 14.2. The standard InChI is InChI=1S/C15H19N7S/c1-4-22-11-8-6-5-7-10(11)17-15(22)23-9-12-18-13(16)20-14(19-12)21(2)3/h5-8H,4,9H2,1-3H3,(H2,16,18,19,20). The van der Waals surface area contributed by atoms with E-state index in [1.54, 1.807) is 11.8 Å². The fourth-order valence-corrected chi connectivity index (χ4v) is 3.22. The van der Waals surface area contributed by atoms with Gasteiger partial charge in [0.05, 0.1) is 16.8 Å². The highest BCUT2D eigenvalue weighted by Gasteiger charge is 2.12. The Labute approximate surface area is 139 Å². The van der Waals surface area contributed by atoms with Crippen LogP contribution < -0.4 is 10.6 Å². The van der Waals surface area contributed by atoms with E-state index in [1.165, 1.54) is 0 Å². The summed E-state index contributed by atoms with van der Waals surface area (Å²) in [6.45, 7) is 2.98. The van der Waals surface area contributed by atoms with Crippen LogP contribution in [0.3, 0.4) is 0 Å². The minimum absolute atomic E-state index is 0.239. The molecule has 0 aliphatic carbocycles. The second-order valence-corrected chi connectivity index (χ2v) is 6.16. The number of para-hydroxylation sites is 2. The maximum Gasteiger partial charge on any atom is 0.229 e. The van der Waals surface area contributed by atoms with Gasteiger partial charge in [0, 0.05) is 20.6 Å². The summed E-state index contributed by atoms with van der Waals surface area (Å²) in [4.78, 5) is 19.2. The van der Waals surface area contributed by atoms with Crippen molar-refractivity contribution in [2.45, 2.75) is 24.4 Å². The summed E-state index contributed by atoms with van der Waals surface area (Å²) < 4.78 is 2.19. The summed E-state index contributed by atoms with van der Waals surface area (Å²) in [5, 5.41) is 0.957. The minimum Gasteiger partial charge on any atom is -0.368 e. The summed E-state index contributed by atoms with van der Waals surface area (Å²) >= 11 is 1.60. The lowest BCUT2D eigenvalue weighted by molar-refractivity contribution is 0.702. The Morgan fingerprint density at radius 2 is 1.91 bits per heavy atom. The molecule has 0 unspecified atom stereocenters. The highest BCUT2D eigenvalue weighted by molar-refractivity contribution is 7.98. The SMILES string of the molecule is CCn1c(SCc2nc(N)nc(N(C)C)n2)nc2ccccc21. The fourth-order valence-electron chi connectivity index (χ4n) is 2.29.